The van der Waals surface area contributed by atoms with Crippen molar-refractivity contribution in [3.63, 3.8) is 0 Å². The van der Waals surface area contributed by atoms with Crippen LogP contribution in [0.25, 0.3) is 11.1 Å². The molecule has 2 N–H and O–H groups in total. The maximum atomic E-state index is 13.2. The smallest absolute Gasteiger partial charge is 0.262 e. The Morgan fingerprint density at radius 1 is 0.829 bits per heavy atom. The van der Waals surface area contributed by atoms with Crippen LogP contribution < -0.4 is 10.6 Å². The fourth-order valence-corrected chi connectivity index (χ4v) is 4.71. The highest BCUT2D eigenvalue weighted by Gasteiger charge is 2.44. The van der Waals surface area contributed by atoms with E-state index in [4.69, 9.17) is 0 Å². The lowest BCUT2D eigenvalue weighted by Crippen LogP contribution is -2.54. The summed E-state index contributed by atoms with van der Waals surface area (Å²) >= 11 is 0. The maximum Gasteiger partial charge on any atom is 0.262 e. The molecule has 1 atom stereocenters. The van der Waals surface area contributed by atoms with Crippen molar-refractivity contribution in [3.8, 4) is 11.1 Å². The first-order chi connectivity index (χ1) is 17.0. The first kappa shape index (κ1) is 22.7. The average molecular weight is 468 g/mol. The molecule has 1 unspecified atom stereocenters. The van der Waals surface area contributed by atoms with Gasteiger partial charge >= 0.3 is 0 Å². The summed E-state index contributed by atoms with van der Waals surface area (Å²) in [4.78, 5) is 50.9. The van der Waals surface area contributed by atoms with Crippen LogP contribution in [0.1, 0.15) is 44.7 Å². The second-order valence-corrected chi connectivity index (χ2v) is 8.78. The van der Waals surface area contributed by atoms with Gasteiger partial charge in [-0.25, -0.2) is 0 Å². The van der Waals surface area contributed by atoms with Gasteiger partial charge in [0.2, 0.25) is 11.8 Å². The first-order valence-corrected chi connectivity index (χ1v) is 11.7. The predicted molar refractivity (Wildman–Crippen MR) is 130 cm³/mol. The molecular formula is C28H25N3O4. The molecule has 3 aromatic carbocycles. The number of imide groups is 2. The van der Waals surface area contributed by atoms with Crippen molar-refractivity contribution >= 4 is 23.6 Å². The van der Waals surface area contributed by atoms with Crippen LogP contribution in [-0.2, 0) is 22.6 Å². The van der Waals surface area contributed by atoms with Crippen molar-refractivity contribution in [2.45, 2.75) is 31.8 Å². The summed E-state index contributed by atoms with van der Waals surface area (Å²) in [6.07, 6.45) is 1.04. The molecular weight excluding hydrogens is 442 g/mol. The molecule has 0 saturated carbocycles. The zero-order chi connectivity index (χ0) is 24.4. The molecule has 0 spiro atoms. The Kier molecular flexibility index (Phi) is 6.25. The van der Waals surface area contributed by atoms with Crippen molar-refractivity contribution in [1.82, 2.24) is 15.5 Å². The summed E-state index contributed by atoms with van der Waals surface area (Å²) in [6.45, 7) is 1.58. The number of amides is 4. The van der Waals surface area contributed by atoms with E-state index in [-0.39, 0.29) is 29.9 Å². The van der Waals surface area contributed by atoms with E-state index in [1.54, 1.807) is 12.1 Å². The maximum absolute atomic E-state index is 13.2. The minimum absolute atomic E-state index is 0.0980. The van der Waals surface area contributed by atoms with Gasteiger partial charge in [-0.3, -0.25) is 29.4 Å². The second-order valence-electron chi connectivity index (χ2n) is 8.78. The molecule has 7 nitrogen and oxygen atoms in total. The topological polar surface area (TPSA) is 95.6 Å². The zero-order valence-electron chi connectivity index (χ0n) is 19.1. The molecule has 0 radical (unpaired) electrons. The van der Waals surface area contributed by atoms with E-state index < -0.39 is 23.8 Å². The van der Waals surface area contributed by atoms with E-state index in [0.717, 1.165) is 41.1 Å². The number of carbonyl (C=O) groups is 4. The molecule has 0 aromatic heterocycles. The zero-order valence-corrected chi connectivity index (χ0v) is 19.1. The van der Waals surface area contributed by atoms with Crippen LogP contribution >= 0.6 is 0 Å². The Bertz CT molecular complexity index is 1320. The normalized spacial score (nSPS) is 17.5. The van der Waals surface area contributed by atoms with Crippen molar-refractivity contribution in [3.05, 3.63) is 95.1 Å². The number of rotatable bonds is 7. The lowest BCUT2D eigenvalue weighted by molar-refractivity contribution is -0.136. The van der Waals surface area contributed by atoms with E-state index in [1.165, 1.54) is 5.56 Å². The summed E-state index contributed by atoms with van der Waals surface area (Å²) < 4.78 is 0. The minimum Gasteiger partial charge on any atom is -0.312 e. The van der Waals surface area contributed by atoms with Gasteiger partial charge in [0.05, 0.1) is 11.1 Å². The molecule has 2 aliphatic rings. The Hall–Kier alpha value is -4.10. The van der Waals surface area contributed by atoms with Crippen LogP contribution in [0.4, 0.5) is 0 Å². The molecule has 176 valence electrons. The summed E-state index contributed by atoms with van der Waals surface area (Å²) in [5, 5.41) is 5.69. The fourth-order valence-electron chi connectivity index (χ4n) is 4.71. The molecule has 0 bridgehead atoms. The van der Waals surface area contributed by atoms with Crippen molar-refractivity contribution in [1.29, 1.82) is 0 Å². The van der Waals surface area contributed by atoms with Crippen LogP contribution in [0.5, 0.6) is 0 Å². The van der Waals surface area contributed by atoms with Gasteiger partial charge < -0.3 is 5.32 Å². The molecule has 5 rings (SSSR count). The third-order valence-corrected chi connectivity index (χ3v) is 6.51. The van der Waals surface area contributed by atoms with Gasteiger partial charge in [0, 0.05) is 13.0 Å². The van der Waals surface area contributed by atoms with E-state index in [0.29, 0.717) is 0 Å². The highest BCUT2D eigenvalue weighted by Crippen LogP contribution is 2.32. The lowest BCUT2D eigenvalue weighted by atomic mass is 9.95. The summed E-state index contributed by atoms with van der Waals surface area (Å²) in [7, 11) is 0. The number of carbonyl (C=O) groups excluding carboxylic acids is 4. The Labute approximate surface area is 203 Å². The standard InChI is InChI=1S/C28H25N3O4/c32-25-13-12-24(26(33)30-25)31-27(34)22-11-10-20(16-23(22)28(31)35)21-9-5-4-8-19(21)14-15-29-17-18-6-2-1-3-7-18/h1-11,16,24,29H,12-15,17H2,(H,30,32,33). The number of fused-ring (bicyclic) bond motifs is 1. The van der Waals surface area contributed by atoms with Crippen molar-refractivity contribution < 1.29 is 19.2 Å². The molecule has 3 aromatic rings. The molecule has 4 amide bonds. The highest BCUT2D eigenvalue weighted by molar-refractivity contribution is 6.23. The third kappa shape index (κ3) is 4.50. The molecule has 35 heavy (non-hydrogen) atoms. The number of nitrogens with one attached hydrogen (secondary N) is 2. The Morgan fingerprint density at radius 3 is 2.37 bits per heavy atom. The van der Waals surface area contributed by atoms with Crippen LogP contribution in [0.2, 0.25) is 0 Å². The lowest BCUT2D eigenvalue weighted by Gasteiger charge is -2.27. The number of hydrogen-bond acceptors (Lipinski definition) is 5. The van der Waals surface area contributed by atoms with Gasteiger partial charge in [-0.05, 0) is 53.8 Å². The van der Waals surface area contributed by atoms with Crippen LogP contribution in [0.3, 0.4) is 0 Å². The van der Waals surface area contributed by atoms with Crippen molar-refractivity contribution in [2.24, 2.45) is 0 Å². The molecule has 2 heterocycles. The molecule has 1 fully saturated rings. The van der Waals surface area contributed by atoms with Crippen LogP contribution in [0, 0.1) is 0 Å². The van der Waals surface area contributed by atoms with E-state index in [9.17, 15) is 19.2 Å². The van der Waals surface area contributed by atoms with Gasteiger partial charge in [0.15, 0.2) is 0 Å². The SMILES string of the molecule is O=C1CCC(N2C(=O)c3ccc(-c4ccccc4CCNCc4ccccc4)cc3C2=O)C(=O)N1. The summed E-state index contributed by atoms with van der Waals surface area (Å²) in [5.74, 6) is -1.99. The summed E-state index contributed by atoms with van der Waals surface area (Å²) in [6, 6.07) is 22.5. The molecule has 1 saturated heterocycles. The van der Waals surface area contributed by atoms with Gasteiger partial charge in [0.1, 0.15) is 6.04 Å². The van der Waals surface area contributed by atoms with Gasteiger partial charge in [-0.1, -0.05) is 60.7 Å². The summed E-state index contributed by atoms with van der Waals surface area (Å²) in [5.41, 5.74) is 4.76. The van der Waals surface area contributed by atoms with E-state index >= 15 is 0 Å². The number of benzene rings is 3. The molecule has 2 aliphatic heterocycles. The fraction of sp³-hybridized carbons (Fsp3) is 0.214. The van der Waals surface area contributed by atoms with Gasteiger partial charge in [-0.2, -0.15) is 0 Å². The molecule has 7 heteroatoms. The van der Waals surface area contributed by atoms with Gasteiger partial charge in [0.25, 0.3) is 11.8 Å². The number of hydrogen-bond donors (Lipinski definition) is 2. The average Bonchev–Trinajstić information content (AvgIpc) is 3.12. The monoisotopic (exact) mass is 467 g/mol. The Morgan fingerprint density at radius 2 is 1.57 bits per heavy atom. The third-order valence-electron chi connectivity index (χ3n) is 6.51. The number of nitrogens with zero attached hydrogens (tertiary/aromatic N) is 1. The molecule has 0 aliphatic carbocycles. The van der Waals surface area contributed by atoms with E-state index in [1.807, 2.05) is 42.5 Å². The first-order valence-electron chi connectivity index (χ1n) is 11.7. The van der Waals surface area contributed by atoms with Crippen LogP contribution in [0.15, 0.2) is 72.8 Å². The minimum atomic E-state index is -0.966. The quantitative estimate of drug-likeness (QED) is 0.411. The Balaban J connectivity index is 1.34. The predicted octanol–water partition coefficient (Wildman–Crippen LogP) is 3.09. The van der Waals surface area contributed by atoms with Crippen LogP contribution in [-0.4, -0.2) is 41.1 Å². The second kappa shape index (κ2) is 9.64. The number of piperidine rings is 1. The van der Waals surface area contributed by atoms with E-state index in [2.05, 4.69) is 28.8 Å². The van der Waals surface area contributed by atoms with Crippen molar-refractivity contribution in [2.75, 3.05) is 6.54 Å². The van der Waals surface area contributed by atoms with Gasteiger partial charge in [-0.15, -0.1) is 0 Å². The largest absolute Gasteiger partial charge is 0.312 e. The highest BCUT2D eigenvalue weighted by atomic mass is 16.2.